The van der Waals surface area contributed by atoms with Crippen molar-refractivity contribution in [3.8, 4) is 5.75 Å². The molecule has 1 saturated heterocycles. The number of amides is 1. The number of fused-ring (bicyclic) bond motifs is 1. The molecule has 1 aromatic carbocycles. The van der Waals surface area contributed by atoms with Crippen molar-refractivity contribution in [3.05, 3.63) is 66.5 Å². The Morgan fingerprint density at radius 2 is 1.77 bits per heavy atom. The third-order valence-corrected chi connectivity index (χ3v) is 4.64. The van der Waals surface area contributed by atoms with Gasteiger partial charge in [-0.3, -0.25) is 9.69 Å². The maximum atomic E-state index is 12.3. The van der Waals surface area contributed by atoms with Crippen molar-refractivity contribution in [1.29, 1.82) is 0 Å². The zero-order chi connectivity index (χ0) is 17.8. The molecule has 6 nitrogen and oxygen atoms in total. The number of pyridine rings is 1. The Bertz CT molecular complexity index is 837. The predicted octanol–water partition coefficient (Wildman–Crippen LogP) is 2.06. The van der Waals surface area contributed by atoms with Crippen molar-refractivity contribution in [2.45, 2.75) is 6.54 Å². The summed E-state index contributed by atoms with van der Waals surface area (Å²) in [6.07, 6.45) is 1.96. The van der Waals surface area contributed by atoms with Crippen LogP contribution in [0.25, 0.3) is 5.52 Å². The Morgan fingerprint density at radius 1 is 1.00 bits per heavy atom. The lowest BCUT2D eigenvalue weighted by Gasteiger charge is -2.34. The number of aromatic nitrogens is 2. The molecule has 3 aromatic rings. The maximum absolute atomic E-state index is 12.3. The summed E-state index contributed by atoms with van der Waals surface area (Å²) >= 11 is 0. The number of benzene rings is 1. The molecule has 1 aliphatic heterocycles. The van der Waals surface area contributed by atoms with Crippen molar-refractivity contribution in [2.75, 3.05) is 32.8 Å². The van der Waals surface area contributed by atoms with Crippen LogP contribution >= 0.6 is 0 Å². The number of carbonyl (C=O) groups is 1. The third-order valence-electron chi connectivity index (χ3n) is 4.64. The van der Waals surface area contributed by atoms with Crippen LogP contribution in [-0.2, 0) is 11.3 Å². The average Bonchev–Trinajstić information content (AvgIpc) is 3.10. The third kappa shape index (κ3) is 3.86. The fraction of sp³-hybridized carbons (Fsp3) is 0.300. The molecule has 4 rings (SSSR count). The monoisotopic (exact) mass is 350 g/mol. The molecule has 0 unspecified atom stereocenters. The van der Waals surface area contributed by atoms with Gasteiger partial charge in [-0.15, -0.1) is 0 Å². The number of para-hydroxylation sites is 1. The highest BCUT2D eigenvalue weighted by atomic mass is 16.5. The molecular weight excluding hydrogens is 328 g/mol. The Hall–Kier alpha value is -2.86. The normalized spacial score (nSPS) is 15.3. The van der Waals surface area contributed by atoms with E-state index >= 15 is 0 Å². The fourth-order valence-electron chi connectivity index (χ4n) is 3.21. The first-order valence-corrected chi connectivity index (χ1v) is 8.89. The summed E-state index contributed by atoms with van der Waals surface area (Å²) in [7, 11) is 0. The van der Waals surface area contributed by atoms with Crippen LogP contribution in [0.3, 0.4) is 0 Å². The lowest BCUT2D eigenvalue weighted by atomic mass is 10.2. The number of carbonyl (C=O) groups excluding carboxylic acids is 1. The van der Waals surface area contributed by atoms with Crippen molar-refractivity contribution in [3.63, 3.8) is 0 Å². The minimum absolute atomic E-state index is 0.0428. The van der Waals surface area contributed by atoms with Crippen LogP contribution in [0.1, 0.15) is 5.69 Å². The van der Waals surface area contributed by atoms with Crippen LogP contribution in [-0.4, -0.2) is 58.1 Å². The largest absolute Gasteiger partial charge is 0.484 e. The number of nitrogens with zero attached hydrogens (tertiary/aromatic N) is 4. The first-order valence-electron chi connectivity index (χ1n) is 8.89. The number of piperazine rings is 1. The molecule has 0 radical (unpaired) electrons. The molecular formula is C20H22N4O2. The van der Waals surface area contributed by atoms with E-state index in [2.05, 4.69) is 22.1 Å². The van der Waals surface area contributed by atoms with Gasteiger partial charge in [-0.05, 0) is 30.3 Å². The van der Waals surface area contributed by atoms with Crippen LogP contribution in [0.2, 0.25) is 0 Å². The lowest BCUT2D eigenvalue weighted by molar-refractivity contribution is -0.135. The molecule has 6 heteroatoms. The Morgan fingerprint density at radius 3 is 2.54 bits per heavy atom. The number of rotatable bonds is 5. The van der Waals surface area contributed by atoms with E-state index in [0.29, 0.717) is 0 Å². The molecule has 134 valence electrons. The second-order valence-electron chi connectivity index (χ2n) is 6.46. The molecule has 3 heterocycles. The van der Waals surface area contributed by atoms with Gasteiger partial charge in [0.1, 0.15) is 5.75 Å². The minimum atomic E-state index is 0.0428. The standard InChI is InChI=1S/C20H22N4O2/c25-20(16-26-19-7-2-1-3-8-19)23-12-10-22(11-13-23)15-17-14-18-6-4-5-9-24(18)21-17/h1-9,14H,10-13,15-16H2. The molecule has 0 N–H and O–H groups in total. The molecule has 0 spiro atoms. The van der Waals surface area contributed by atoms with Gasteiger partial charge in [0, 0.05) is 38.9 Å². The van der Waals surface area contributed by atoms with Gasteiger partial charge in [0.15, 0.2) is 6.61 Å². The van der Waals surface area contributed by atoms with E-state index in [1.807, 2.05) is 58.1 Å². The van der Waals surface area contributed by atoms with E-state index in [4.69, 9.17) is 4.74 Å². The Balaban J connectivity index is 1.26. The molecule has 0 atom stereocenters. The molecule has 1 amide bonds. The van der Waals surface area contributed by atoms with Crippen molar-refractivity contribution in [1.82, 2.24) is 19.4 Å². The van der Waals surface area contributed by atoms with Crippen LogP contribution < -0.4 is 4.74 Å². The molecule has 1 fully saturated rings. The summed E-state index contributed by atoms with van der Waals surface area (Å²) in [5, 5.41) is 4.60. The van der Waals surface area contributed by atoms with E-state index in [0.717, 1.165) is 49.7 Å². The van der Waals surface area contributed by atoms with Crippen LogP contribution in [0, 0.1) is 0 Å². The molecule has 2 aromatic heterocycles. The lowest BCUT2D eigenvalue weighted by Crippen LogP contribution is -2.49. The quantitative estimate of drug-likeness (QED) is 0.707. The Kier molecular flexibility index (Phi) is 4.84. The van der Waals surface area contributed by atoms with Gasteiger partial charge in [0.05, 0.1) is 11.2 Å². The molecule has 0 aliphatic carbocycles. The summed E-state index contributed by atoms with van der Waals surface area (Å²) in [6.45, 7) is 4.06. The topological polar surface area (TPSA) is 50.1 Å². The highest BCUT2D eigenvalue weighted by Crippen LogP contribution is 2.12. The summed E-state index contributed by atoms with van der Waals surface area (Å²) in [5.41, 5.74) is 2.16. The van der Waals surface area contributed by atoms with Crippen LogP contribution in [0.5, 0.6) is 5.75 Å². The van der Waals surface area contributed by atoms with Gasteiger partial charge in [-0.2, -0.15) is 5.10 Å². The summed E-state index contributed by atoms with van der Waals surface area (Å²) < 4.78 is 7.46. The molecule has 1 aliphatic rings. The summed E-state index contributed by atoms with van der Waals surface area (Å²) in [5.74, 6) is 0.771. The minimum Gasteiger partial charge on any atom is -0.484 e. The second kappa shape index (κ2) is 7.58. The SMILES string of the molecule is O=C(COc1ccccc1)N1CCN(Cc2cc3ccccn3n2)CC1. The van der Waals surface area contributed by atoms with Gasteiger partial charge < -0.3 is 9.64 Å². The van der Waals surface area contributed by atoms with E-state index in [1.165, 1.54) is 0 Å². The van der Waals surface area contributed by atoms with Crippen molar-refractivity contribution in [2.24, 2.45) is 0 Å². The second-order valence-corrected chi connectivity index (χ2v) is 6.46. The average molecular weight is 350 g/mol. The number of hydrogen-bond acceptors (Lipinski definition) is 4. The maximum Gasteiger partial charge on any atom is 0.260 e. The van der Waals surface area contributed by atoms with Crippen molar-refractivity contribution < 1.29 is 9.53 Å². The Labute approximate surface area is 152 Å². The van der Waals surface area contributed by atoms with Gasteiger partial charge in [0.25, 0.3) is 5.91 Å². The van der Waals surface area contributed by atoms with Gasteiger partial charge >= 0.3 is 0 Å². The molecule has 0 saturated carbocycles. The highest BCUT2D eigenvalue weighted by Gasteiger charge is 2.22. The molecule has 0 bridgehead atoms. The smallest absolute Gasteiger partial charge is 0.260 e. The zero-order valence-electron chi connectivity index (χ0n) is 14.6. The van der Waals surface area contributed by atoms with Crippen molar-refractivity contribution >= 4 is 11.4 Å². The van der Waals surface area contributed by atoms with E-state index in [9.17, 15) is 4.79 Å². The number of hydrogen-bond donors (Lipinski definition) is 0. The van der Waals surface area contributed by atoms with E-state index in [1.54, 1.807) is 0 Å². The van der Waals surface area contributed by atoms with E-state index in [-0.39, 0.29) is 12.5 Å². The van der Waals surface area contributed by atoms with Crippen LogP contribution in [0.4, 0.5) is 0 Å². The predicted molar refractivity (Wildman–Crippen MR) is 99.0 cm³/mol. The number of ether oxygens (including phenoxy) is 1. The highest BCUT2D eigenvalue weighted by molar-refractivity contribution is 5.77. The van der Waals surface area contributed by atoms with Gasteiger partial charge in [-0.1, -0.05) is 24.3 Å². The van der Waals surface area contributed by atoms with Gasteiger partial charge in [0.2, 0.25) is 0 Å². The first kappa shape index (κ1) is 16.6. The summed E-state index contributed by atoms with van der Waals surface area (Å²) in [6, 6.07) is 17.6. The van der Waals surface area contributed by atoms with Gasteiger partial charge in [-0.25, -0.2) is 4.52 Å². The zero-order valence-corrected chi connectivity index (χ0v) is 14.6. The van der Waals surface area contributed by atoms with E-state index < -0.39 is 0 Å². The fourth-order valence-corrected chi connectivity index (χ4v) is 3.21. The molecule has 26 heavy (non-hydrogen) atoms. The summed E-state index contributed by atoms with van der Waals surface area (Å²) in [4.78, 5) is 16.5. The van der Waals surface area contributed by atoms with Crippen LogP contribution in [0.15, 0.2) is 60.8 Å². The first-order chi connectivity index (χ1) is 12.8.